The van der Waals surface area contributed by atoms with Crippen molar-refractivity contribution >= 4 is 174 Å². The Morgan fingerprint density at radius 2 is 0.435 bits per heavy atom. The van der Waals surface area contributed by atoms with Gasteiger partial charge < -0.3 is 13.3 Å². The summed E-state index contributed by atoms with van der Waals surface area (Å²) >= 11 is 0. The molecule has 0 aliphatic heterocycles. The Labute approximate surface area is 695 Å². The highest BCUT2D eigenvalue weighted by atomic mass is 16.3. The van der Waals surface area contributed by atoms with Crippen LogP contribution in [0.2, 0.25) is 0 Å². The van der Waals surface area contributed by atoms with Crippen LogP contribution in [-0.4, -0.2) is 0 Å². The number of hydrogen-bond donors (Lipinski definition) is 0. The largest absolute Gasteiger partial charge is 0.455 e. The first-order chi connectivity index (χ1) is 67.1. The fraction of sp³-hybridized carbons (Fsp3) is 0. The number of furan rings is 3. The first-order valence-corrected chi connectivity index (χ1v) is 37.6. The van der Waals surface area contributed by atoms with Gasteiger partial charge in [-0.05, 0) is 171 Å². The van der Waals surface area contributed by atoms with Crippen molar-refractivity contribution in [1.82, 2.24) is 0 Å². The molecule has 0 saturated carbocycles. The molecule has 3 aromatic heterocycles. The van der Waals surface area contributed by atoms with E-state index in [-0.39, 0.29) is 154 Å². The Kier molecular flexibility index (Phi) is 10.7. The minimum absolute atomic E-state index is 0.156. The summed E-state index contributed by atoms with van der Waals surface area (Å²) in [5, 5.41) is 14.0. The molecule has 0 aliphatic carbocycles. The average molecular weight is 1490 g/mol. The van der Waals surface area contributed by atoms with Crippen LogP contribution in [-0.2, 0) is 0 Å². The highest BCUT2D eigenvalue weighted by molar-refractivity contribution is 6.30. The van der Waals surface area contributed by atoms with E-state index in [9.17, 15) is 16.4 Å². The maximum atomic E-state index is 9.39. The van der Waals surface area contributed by atoms with Crippen molar-refractivity contribution < 1.29 is 46.1 Å². The first kappa shape index (κ1) is 45.9. The molecule has 0 fully saturated rings. The molecule has 3 heteroatoms. The van der Waals surface area contributed by atoms with Gasteiger partial charge in [0.2, 0.25) is 0 Å². The van der Waals surface area contributed by atoms with Gasteiger partial charge in [-0.1, -0.05) is 382 Å². The highest BCUT2D eigenvalue weighted by Gasteiger charge is 2.26. The van der Waals surface area contributed by atoms with Crippen LogP contribution in [0.15, 0.2) is 425 Å². The fourth-order valence-corrected chi connectivity index (χ4v) is 17.4. The lowest BCUT2D eigenvalue weighted by Gasteiger charge is -2.19. The topological polar surface area (TPSA) is 39.4 Å². The van der Waals surface area contributed by atoms with Crippen molar-refractivity contribution in [1.29, 1.82) is 0 Å². The lowest BCUT2D eigenvalue weighted by atomic mass is 9.83. The quantitative estimate of drug-likeness (QED) is 0.123. The van der Waals surface area contributed by atoms with Crippen molar-refractivity contribution in [2.24, 2.45) is 0 Å². The van der Waals surface area contributed by atoms with Gasteiger partial charge in [0.1, 0.15) is 33.5 Å². The van der Waals surface area contributed by atoms with Gasteiger partial charge in [0.15, 0.2) is 0 Å². The molecule has 0 spiro atoms. The van der Waals surface area contributed by atoms with Gasteiger partial charge in [-0.25, -0.2) is 0 Å². The van der Waals surface area contributed by atoms with E-state index in [1.54, 1.807) is 18.2 Å². The van der Waals surface area contributed by atoms with Crippen molar-refractivity contribution in [3.05, 3.63) is 412 Å². The summed E-state index contributed by atoms with van der Waals surface area (Å²) < 4.78 is 235. The van der Waals surface area contributed by atoms with E-state index in [1.165, 1.54) is 0 Å². The molecule has 0 N–H and O–H groups in total. The third-order valence-corrected chi connectivity index (χ3v) is 22.3. The molecule has 0 amide bonds. The number of para-hydroxylation sites is 6. The van der Waals surface area contributed by atoms with Crippen LogP contribution >= 0.6 is 0 Å². The summed E-state index contributed by atoms with van der Waals surface area (Å²) in [7, 11) is 0. The van der Waals surface area contributed by atoms with Gasteiger partial charge in [-0.2, -0.15) is 0 Å². The lowest BCUT2D eigenvalue weighted by molar-refractivity contribution is 0.669. The van der Waals surface area contributed by atoms with Crippen molar-refractivity contribution in [3.63, 3.8) is 0 Å². The molecule has 0 atom stereocenters. The SMILES string of the molecule is [2H]c1c([2H])c([2H])c2c(-c3cccc4c3oc3ccccc34)c3c([2H])c([2H])c([2H])c([2H])c3c(-c3cc4ccccc4c4ccccc34)c2c1[2H].[2H]c1c([2H])c([2H])c2c(-c3cccc4c3oc3ccccc34)c3c([2H])c([2H])c([2H])c([2H])c3c(-c3ccc4ccccc4c3)c2c1[2H].[2H]c1c([2H])c([2H])c2c(-c3cccc4c3oc3ccccc34)c3c([2H])c([2H])c([2H])c([2H])c3c(-c3cccc4ccccc34)c2c1[2H]. The third kappa shape index (κ3) is 10.5. The number of rotatable bonds is 6. The van der Waals surface area contributed by atoms with Gasteiger partial charge in [0, 0.05) is 65.7 Å². The molecule has 115 heavy (non-hydrogen) atoms. The van der Waals surface area contributed by atoms with E-state index in [4.69, 9.17) is 29.7 Å². The fourth-order valence-electron chi connectivity index (χ4n) is 17.4. The first-order valence-electron chi connectivity index (χ1n) is 49.6. The van der Waals surface area contributed by atoms with Crippen LogP contribution in [0, 0.1) is 0 Å². The van der Waals surface area contributed by atoms with Crippen molar-refractivity contribution in [2.45, 2.75) is 0 Å². The zero-order valence-corrected chi connectivity index (χ0v) is 60.6. The molecular weight excluding hydrogens is 1390 g/mol. The zero-order valence-electron chi connectivity index (χ0n) is 84.6. The second-order valence-electron chi connectivity index (χ2n) is 28.4. The second-order valence-corrected chi connectivity index (χ2v) is 28.4. The molecule has 3 heterocycles. The molecule has 0 bridgehead atoms. The summed E-state index contributed by atoms with van der Waals surface area (Å²) in [6.07, 6.45) is 0. The minimum atomic E-state index is -0.440. The summed E-state index contributed by atoms with van der Waals surface area (Å²) in [5.41, 5.74) is 8.24. The maximum Gasteiger partial charge on any atom is 0.143 e. The van der Waals surface area contributed by atoms with Gasteiger partial charge >= 0.3 is 0 Å². The van der Waals surface area contributed by atoms with Crippen molar-refractivity contribution in [3.8, 4) is 66.8 Å². The van der Waals surface area contributed by atoms with Crippen LogP contribution in [0.3, 0.4) is 0 Å². The van der Waals surface area contributed by atoms with E-state index in [1.807, 2.05) is 249 Å². The summed E-state index contributed by atoms with van der Waals surface area (Å²) in [6, 6.07) is 74.6. The van der Waals surface area contributed by atoms with Crippen LogP contribution in [0.1, 0.15) is 32.9 Å². The monoisotopic (exact) mass is 1480 g/mol. The summed E-state index contributed by atoms with van der Waals surface area (Å²) in [6.45, 7) is 0. The predicted molar refractivity (Wildman–Crippen MR) is 489 cm³/mol. The van der Waals surface area contributed by atoms with E-state index >= 15 is 0 Å². The van der Waals surface area contributed by atoms with E-state index in [2.05, 4.69) is 0 Å². The Balaban J connectivity index is 0.000000117. The molecule has 0 radical (unpaired) electrons. The van der Waals surface area contributed by atoms with Crippen LogP contribution in [0.5, 0.6) is 0 Å². The predicted octanol–water partition coefficient (Wildman–Crippen LogP) is 32.3. The Morgan fingerprint density at radius 1 is 0.157 bits per heavy atom. The minimum Gasteiger partial charge on any atom is -0.455 e. The number of benzene rings is 22. The summed E-state index contributed by atoms with van der Waals surface area (Å²) in [4.78, 5) is 0. The molecule has 3 nitrogen and oxygen atoms in total. The van der Waals surface area contributed by atoms with Crippen LogP contribution < -0.4 is 0 Å². The van der Waals surface area contributed by atoms with Crippen LogP contribution in [0.25, 0.3) is 240 Å². The third-order valence-electron chi connectivity index (χ3n) is 22.3. The van der Waals surface area contributed by atoms with Crippen LogP contribution in [0.4, 0.5) is 0 Å². The summed E-state index contributed by atoms with van der Waals surface area (Å²) in [5.74, 6) is 0. The standard InChI is InChI=1S/C40H24O.2C36H22O/c1-2-13-26-25(12-1)24-36(28-15-4-3-14-27(26)28)39-32-19-7-5-17-30(32)38(31-18-6-8-20-33(31)39)35-22-11-21-34-29-16-9-10-23-37(29)41-40(34)35;1-2-13-24-23(11-1)12-9-19-26(24)34-27-15-3-5-17-29(27)35(30-18-6-4-16-28(30)34)32-21-10-20-31-25-14-7-8-22-33(25)37-36(31)32;1-2-11-24-22-25(21-20-23(24)10-1)34-27-13-3-5-15-29(27)35(30-16-6-4-14-28(30)34)32-18-9-17-31-26-12-7-8-19-33(26)37-36(31)32/h1-24H;2*1-22H/i5D,6D,7D,8D,17D,18D,19D,20D;3D,4D,5D,6D,15D,16D,17D,18D;3D,4D,5D,6D,13D,14D,15D,16D. The molecule has 25 rings (SSSR count). The lowest BCUT2D eigenvalue weighted by Crippen LogP contribution is -1.92. The van der Waals surface area contributed by atoms with Gasteiger partial charge in [0.05, 0.1) is 32.9 Å². The Morgan fingerprint density at radius 3 is 0.852 bits per heavy atom. The molecule has 22 aromatic carbocycles. The maximum absolute atomic E-state index is 9.39. The molecule has 0 saturated heterocycles. The van der Waals surface area contributed by atoms with E-state index < -0.39 is 72.5 Å². The molecular formula is C112H68O3. The Hall–Kier alpha value is -15.2. The van der Waals surface area contributed by atoms with E-state index in [0.29, 0.717) is 83.6 Å². The van der Waals surface area contributed by atoms with Gasteiger partial charge in [0.25, 0.3) is 0 Å². The molecule has 0 unspecified atom stereocenters. The molecule has 0 aliphatic rings. The number of fused-ring (bicyclic) bond motifs is 20. The normalized spacial score (nSPS) is 14.7. The molecule has 534 valence electrons. The smallest absolute Gasteiger partial charge is 0.143 e. The average Bonchev–Trinajstić information content (AvgIpc) is 1.69. The van der Waals surface area contributed by atoms with Gasteiger partial charge in [-0.3, -0.25) is 0 Å². The highest BCUT2D eigenvalue weighted by Crippen LogP contribution is 2.52. The Bertz CT molecular complexity index is 9620. The number of hydrogen-bond acceptors (Lipinski definition) is 3. The van der Waals surface area contributed by atoms with Gasteiger partial charge in [-0.15, -0.1) is 0 Å². The second kappa shape index (κ2) is 26.8. The van der Waals surface area contributed by atoms with E-state index in [0.717, 1.165) is 75.4 Å². The molecule has 25 aromatic rings. The van der Waals surface area contributed by atoms with Crippen molar-refractivity contribution in [2.75, 3.05) is 0 Å². The zero-order chi connectivity index (χ0) is 96.5.